The van der Waals surface area contributed by atoms with Crippen LogP contribution >= 0.6 is 0 Å². The van der Waals surface area contributed by atoms with E-state index in [1.54, 1.807) is 41.3 Å². The molecular formula is C21H23NO5. The molecule has 0 bridgehead atoms. The fourth-order valence-electron chi connectivity index (χ4n) is 3.02. The second-order valence-electron chi connectivity index (χ2n) is 6.54. The lowest BCUT2D eigenvalue weighted by Gasteiger charge is -2.35. The number of ether oxygens (including phenoxy) is 3. The van der Waals surface area contributed by atoms with E-state index >= 15 is 0 Å². The van der Waals surface area contributed by atoms with Gasteiger partial charge in [0.15, 0.2) is 6.61 Å². The minimum absolute atomic E-state index is 0.0339. The predicted molar refractivity (Wildman–Crippen MR) is 99.8 cm³/mol. The molecule has 0 unspecified atom stereocenters. The summed E-state index contributed by atoms with van der Waals surface area (Å²) in [6.07, 6.45) is -0.0678. The van der Waals surface area contributed by atoms with Gasteiger partial charge < -0.3 is 19.1 Å². The standard InChI is InChI=1S/C21H23NO5/c1-15-12-22(13-16(2)26-15)20(23)14-25-21(24)18-10-6-7-11-19(18)27-17-8-4-3-5-9-17/h3-11,15-16H,12-14H2,1-2H3/t15-,16-/m0/s1. The van der Waals surface area contributed by atoms with E-state index in [1.165, 1.54) is 0 Å². The number of esters is 1. The predicted octanol–water partition coefficient (Wildman–Crippen LogP) is 3.27. The van der Waals surface area contributed by atoms with E-state index in [2.05, 4.69) is 0 Å². The number of hydrogen-bond acceptors (Lipinski definition) is 5. The molecule has 0 saturated carbocycles. The van der Waals surface area contributed by atoms with Crippen LogP contribution in [0.15, 0.2) is 54.6 Å². The van der Waals surface area contributed by atoms with Crippen LogP contribution in [0.25, 0.3) is 0 Å². The van der Waals surface area contributed by atoms with Crippen molar-refractivity contribution in [3.05, 3.63) is 60.2 Å². The maximum Gasteiger partial charge on any atom is 0.342 e. The highest BCUT2D eigenvalue weighted by molar-refractivity contribution is 5.94. The SMILES string of the molecule is C[C@H]1CN(C(=O)COC(=O)c2ccccc2Oc2ccccc2)C[C@H](C)O1. The van der Waals surface area contributed by atoms with Gasteiger partial charge in [-0.15, -0.1) is 0 Å². The summed E-state index contributed by atoms with van der Waals surface area (Å²) >= 11 is 0. The first-order chi connectivity index (χ1) is 13.0. The van der Waals surface area contributed by atoms with Crippen molar-refractivity contribution in [3.63, 3.8) is 0 Å². The Bertz CT molecular complexity index is 782. The molecule has 142 valence electrons. The van der Waals surface area contributed by atoms with E-state index in [1.807, 2.05) is 32.0 Å². The molecule has 0 spiro atoms. The van der Waals surface area contributed by atoms with Crippen molar-refractivity contribution in [1.29, 1.82) is 0 Å². The van der Waals surface area contributed by atoms with Gasteiger partial charge in [-0.2, -0.15) is 0 Å². The summed E-state index contributed by atoms with van der Waals surface area (Å²) in [5, 5.41) is 0. The summed E-state index contributed by atoms with van der Waals surface area (Å²) in [7, 11) is 0. The first-order valence-electron chi connectivity index (χ1n) is 8.95. The minimum Gasteiger partial charge on any atom is -0.456 e. The molecule has 27 heavy (non-hydrogen) atoms. The molecule has 6 heteroatoms. The monoisotopic (exact) mass is 369 g/mol. The Hall–Kier alpha value is -2.86. The molecule has 1 aliphatic rings. The number of amides is 1. The first-order valence-corrected chi connectivity index (χ1v) is 8.95. The molecule has 1 fully saturated rings. The molecule has 1 heterocycles. The molecule has 0 aromatic heterocycles. The lowest BCUT2D eigenvalue weighted by atomic mass is 10.2. The third kappa shape index (κ3) is 5.08. The number of para-hydroxylation sites is 2. The summed E-state index contributed by atoms with van der Waals surface area (Å²) < 4.78 is 16.6. The zero-order chi connectivity index (χ0) is 19.2. The largest absolute Gasteiger partial charge is 0.456 e. The van der Waals surface area contributed by atoms with Crippen LogP contribution in [0.5, 0.6) is 11.5 Å². The van der Waals surface area contributed by atoms with Gasteiger partial charge in [-0.1, -0.05) is 30.3 Å². The summed E-state index contributed by atoms with van der Waals surface area (Å²) in [5.41, 5.74) is 0.276. The smallest absolute Gasteiger partial charge is 0.342 e. The number of hydrogen-bond donors (Lipinski definition) is 0. The van der Waals surface area contributed by atoms with Crippen molar-refractivity contribution < 1.29 is 23.8 Å². The molecule has 3 rings (SSSR count). The fourth-order valence-corrected chi connectivity index (χ4v) is 3.02. The lowest BCUT2D eigenvalue weighted by molar-refractivity contribution is -0.146. The molecule has 1 aliphatic heterocycles. The quantitative estimate of drug-likeness (QED) is 0.757. The maximum atomic E-state index is 12.5. The number of carbonyl (C=O) groups is 2. The molecule has 1 saturated heterocycles. The van der Waals surface area contributed by atoms with Gasteiger partial charge in [0, 0.05) is 13.1 Å². The average molecular weight is 369 g/mol. The second-order valence-corrected chi connectivity index (χ2v) is 6.54. The van der Waals surface area contributed by atoms with Crippen molar-refractivity contribution in [2.45, 2.75) is 26.1 Å². The highest BCUT2D eigenvalue weighted by Gasteiger charge is 2.26. The third-order valence-corrected chi connectivity index (χ3v) is 4.18. The Balaban J connectivity index is 1.62. The zero-order valence-electron chi connectivity index (χ0n) is 15.5. The molecule has 0 aliphatic carbocycles. The Morgan fingerprint density at radius 3 is 2.33 bits per heavy atom. The van der Waals surface area contributed by atoms with Crippen LogP contribution in [0.2, 0.25) is 0 Å². The van der Waals surface area contributed by atoms with E-state index in [4.69, 9.17) is 14.2 Å². The minimum atomic E-state index is -0.593. The Morgan fingerprint density at radius 1 is 1.00 bits per heavy atom. The van der Waals surface area contributed by atoms with E-state index in [0.29, 0.717) is 24.6 Å². The number of carbonyl (C=O) groups excluding carboxylic acids is 2. The number of nitrogens with zero attached hydrogens (tertiary/aromatic N) is 1. The Morgan fingerprint density at radius 2 is 1.63 bits per heavy atom. The second kappa shape index (κ2) is 8.68. The van der Waals surface area contributed by atoms with Gasteiger partial charge >= 0.3 is 5.97 Å². The van der Waals surface area contributed by atoms with Gasteiger partial charge in [-0.3, -0.25) is 4.79 Å². The zero-order valence-corrected chi connectivity index (χ0v) is 15.5. The van der Waals surface area contributed by atoms with E-state index in [9.17, 15) is 9.59 Å². The van der Waals surface area contributed by atoms with Gasteiger partial charge in [0.25, 0.3) is 5.91 Å². The maximum absolute atomic E-state index is 12.5. The number of rotatable bonds is 5. The van der Waals surface area contributed by atoms with E-state index in [0.717, 1.165) is 0 Å². The van der Waals surface area contributed by atoms with Crippen LogP contribution in [0.4, 0.5) is 0 Å². The van der Waals surface area contributed by atoms with Gasteiger partial charge in [0.05, 0.1) is 12.2 Å². The van der Waals surface area contributed by atoms with Crippen molar-refractivity contribution in [2.75, 3.05) is 19.7 Å². The van der Waals surface area contributed by atoms with Crippen LogP contribution in [0.1, 0.15) is 24.2 Å². The highest BCUT2D eigenvalue weighted by atomic mass is 16.5. The van der Waals surface area contributed by atoms with Crippen LogP contribution in [0, 0.1) is 0 Å². The molecule has 1 amide bonds. The van der Waals surface area contributed by atoms with Crippen molar-refractivity contribution in [1.82, 2.24) is 4.90 Å². The molecule has 0 radical (unpaired) electrons. The first kappa shape index (κ1) is 18.9. The topological polar surface area (TPSA) is 65.1 Å². The van der Waals surface area contributed by atoms with Gasteiger partial charge in [0.1, 0.15) is 17.1 Å². The highest BCUT2D eigenvalue weighted by Crippen LogP contribution is 2.25. The van der Waals surface area contributed by atoms with Crippen molar-refractivity contribution in [3.8, 4) is 11.5 Å². The Kier molecular flexibility index (Phi) is 6.08. The molecule has 2 aromatic carbocycles. The molecular weight excluding hydrogens is 346 g/mol. The summed E-state index contributed by atoms with van der Waals surface area (Å²) in [6.45, 7) is 4.51. The number of benzene rings is 2. The number of morpholine rings is 1. The Labute approximate surface area is 158 Å². The summed E-state index contributed by atoms with van der Waals surface area (Å²) in [5.74, 6) is 0.177. The normalized spacial score (nSPS) is 19.4. The third-order valence-electron chi connectivity index (χ3n) is 4.18. The molecule has 2 atom stereocenters. The van der Waals surface area contributed by atoms with Gasteiger partial charge in [-0.25, -0.2) is 4.79 Å². The average Bonchev–Trinajstić information content (AvgIpc) is 2.66. The van der Waals surface area contributed by atoms with Crippen LogP contribution in [0.3, 0.4) is 0 Å². The van der Waals surface area contributed by atoms with Crippen LogP contribution in [-0.4, -0.2) is 48.7 Å². The van der Waals surface area contributed by atoms with Crippen LogP contribution < -0.4 is 4.74 Å². The summed E-state index contributed by atoms with van der Waals surface area (Å²) in [4.78, 5) is 26.5. The van der Waals surface area contributed by atoms with E-state index in [-0.39, 0.29) is 30.3 Å². The van der Waals surface area contributed by atoms with Gasteiger partial charge in [-0.05, 0) is 38.1 Å². The van der Waals surface area contributed by atoms with Crippen LogP contribution in [-0.2, 0) is 14.3 Å². The molecule has 6 nitrogen and oxygen atoms in total. The van der Waals surface area contributed by atoms with E-state index < -0.39 is 5.97 Å². The lowest BCUT2D eigenvalue weighted by Crippen LogP contribution is -2.49. The molecule has 2 aromatic rings. The fraction of sp³-hybridized carbons (Fsp3) is 0.333. The van der Waals surface area contributed by atoms with Crippen molar-refractivity contribution >= 4 is 11.9 Å². The summed E-state index contributed by atoms with van der Waals surface area (Å²) in [6, 6.07) is 16.0. The van der Waals surface area contributed by atoms with Gasteiger partial charge in [0.2, 0.25) is 0 Å². The molecule has 0 N–H and O–H groups in total. The van der Waals surface area contributed by atoms with Crippen molar-refractivity contribution in [2.24, 2.45) is 0 Å².